The number of carbonyl (C=O) groups is 1. The van der Waals surface area contributed by atoms with Gasteiger partial charge in [0.25, 0.3) is 0 Å². The van der Waals surface area contributed by atoms with E-state index in [1.165, 1.54) is 0 Å². The van der Waals surface area contributed by atoms with Crippen molar-refractivity contribution in [3.8, 4) is 0 Å². The molecule has 2 N–H and O–H groups in total. The van der Waals surface area contributed by atoms with Gasteiger partial charge in [-0.05, 0) is 12.0 Å². The summed E-state index contributed by atoms with van der Waals surface area (Å²) in [6, 6.07) is 0. The number of ether oxygens (including phenoxy) is 1. The Bertz CT molecular complexity index is 192. The summed E-state index contributed by atoms with van der Waals surface area (Å²) in [6.45, 7) is 7.45. The number of hydrogen-bond donors (Lipinski definition) is 1. The van der Waals surface area contributed by atoms with E-state index in [1.807, 2.05) is 0 Å². The third-order valence-corrected chi connectivity index (χ3v) is 2.23. The summed E-state index contributed by atoms with van der Waals surface area (Å²) in [7, 11) is 0. The van der Waals surface area contributed by atoms with Gasteiger partial charge < -0.3 is 10.5 Å². The topological polar surface area (TPSA) is 55.6 Å². The predicted molar refractivity (Wildman–Crippen MR) is 50.2 cm³/mol. The van der Waals surface area contributed by atoms with Crippen LogP contribution in [0.1, 0.15) is 13.8 Å². The number of carbonyl (C=O) groups excluding carboxylic acids is 1. The minimum absolute atomic E-state index is 0.0810. The van der Waals surface area contributed by atoms with Gasteiger partial charge in [0.05, 0.1) is 6.54 Å². The molecular formula is C9H18N2O2. The molecule has 76 valence electrons. The summed E-state index contributed by atoms with van der Waals surface area (Å²) in [5.41, 5.74) is 5.70. The molecule has 4 heteroatoms. The highest BCUT2D eigenvalue weighted by molar-refractivity contribution is 5.72. The van der Waals surface area contributed by atoms with Gasteiger partial charge in [-0.3, -0.25) is 9.69 Å². The van der Waals surface area contributed by atoms with Gasteiger partial charge in [0.2, 0.25) is 0 Å². The average molecular weight is 186 g/mol. The molecule has 0 aliphatic carbocycles. The zero-order chi connectivity index (χ0) is 9.90. The Balaban J connectivity index is 2.40. The average Bonchev–Trinajstić information content (AvgIpc) is 2.03. The van der Waals surface area contributed by atoms with Crippen molar-refractivity contribution in [3.63, 3.8) is 0 Å². The summed E-state index contributed by atoms with van der Waals surface area (Å²) >= 11 is 0. The van der Waals surface area contributed by atoms with E-state index in [2.05, 4.69) is 18.7 Å². The molecule has 0 aromatic carbocycles. The lowest BCUT2D eigenvalue weighted by Gasteiger charge is -2.33. The summed E-state index contributed by atoms with van der Waals surface area (Å²) in [4.78, 5) is 13.0. The third-order valence-electron chi connectivity index (χ3n) is 2.23. The van der Waals surface area contributed by atoms with Crippen molar-refractivity contribution in [3.05, 3.63) is 0 Å². The fourth-order valence-electron chi connectivity index (χ4n) is 1.40. The molecule has 0 bridgehead atoms. The van der Waals surface area contributed by atoms with E-state index >= 15 is 0 Å². The molecule has 0 unspecified atom stereocenters. The predicted octanol–water partition coefficient (Wildman–Crippen LogP) is -0.170. The third kappa shape index (κ3) is 3.32. The summed E-state index contributed by atoms with van der Waals surface area (Å²) in [5, 5.41) is 0. The Morgan fingerprint density at radius 1 is 1.62 bits per heavy atom. The Labute approximate surface area is 79.0 Å². The highest BCUT2D eigenvalue weighted by Gasteiger charge is 2.24. The number of rotatable bonds is 3. The van der Waals surface area contributed by atoms with Gasteiger partial charge in [-0.2, -0.15) is 0 Å². The van der Waals surface area contributed by atoms with Crippen molar-refractivity contribution >= 4 is 5.97 Å². The first kappa shape index (κ1) is 10.5. The Hall–Kier alpha value is -0.610. The molecule has 0 aromatic heterocycles. The minimum atomic E-state index is -0.126. The molecule has 0 aromatic rings. The van der Waals surface area contributed by atoms with Crippen molar-refractivity contribution in [1.29, 1.82) is 0 Å². The van der Waals surface area contributed by atoms with E-state index in [0.29, 0.717) is 19.7 Å². The molecule has 0 saturated carbocycles. The second kappa shape index (κ2) is 4.07. The summed E-state index contributed by atoms with van der Waals surface area (Å²) in [5.74, 6) is -0.126. The molecule has 0 spiro atoms. The molecule has 13 heavy (non-hydrogen) atoms. The highest BCUT2D eigenvalue weighted by Crippen LogP contribution is 2.15. The zero-order valence-electron chi connectivity index (χ0n) is 8.38. The Kier molecular flexibility index (Phi) is 3.27. The van der Waals surface area contributed by atoms with Crippen LogP contribution in [0, 0.1) is 5.41 Å². The fourth-order valence-corrected chi connectivity index (χ4v) is 1.40. The smallest absolute Gasteiger partial charge is 0.320 e. The van der Waals surface area contributed by atoms with Crippen molar-refractivity contribution in [2.24, 2.45) is 11.1 Å². The molecule has 1 fully saturated rings. The Morgan fingerprint density at radius 3 is 2.85 bits per heavy atom. The number of nitrogens with two attached hydrogens (primary N) is 1. The lowest BCUT2D eigenvalue weighted by Crippen LogP contribution is -2.46. The quantitative estimate of drug-likeness (QED) is 0.622. The molecule has 1 aliphatic rings. The van der Waals surface area contributed by atoms with Crippen molar-refractivity contribution < 1.29 is 9.53 Å². The van der Waals surface area contributed by atoms with E-state index in [9.17, 15) is 4.79 Å². The molecule has 4 nitrogen and oxygen atoms in total. The molecular weight excluding hydrogens is 168 g/mol. The lowest BCUT2D eigenvalue weighted by atomic mass is 9.93. The van der Waals surface area contributed by atoms with Gasteiger partial charge in [0, 0.05) is 13.1 Å². The van der Waals surface area contributed by atoms with Gasteiger partial charge in [0.1, 0.15) is 6.61 Å². The SMILES string of the molecule is CC(C)(CN)CN1CCOC(=O)C1. The molecule has 1 aliphatic heterocycles. The van der Waals surface area contributed by atoms with Gasteiger partial charge in [-0.1, -0.05) is 13.8 Å². The van der Waals surface area contributed by atoms with E-state index in [1.54, 1.807) is 0 Å². The zero-order valence-corrected chi connectivity index (χ0v) is 8.38. The van der Waals surface area contributed by atoms with Crippen molar-refractivity contribution in [2.75, 3.05) is 32.8 Å². The largest absolute Gasteiger partial charge is 0.463 e. The highest BCUT2D eigenvalue weighted by atomic mass is 16.5. The van der Waals surface area contributed by atoms with Crippen molar-refractivity contribution in [1.82, 2.24) is 4.90 Å². The van der Waals surface area contributed by atoms with Crippen LogP contribution in [-0.2, 0) is 9.53 Å². The molecule has 1 saturated heterocycles. The van der Waals surface area contributed by atoms with E-state index in [0.717, 1.165) is 13.1 Å². The number of esters is 1. The van der Waals surface area contributed by atoms with Crippen LogP contribution in [0.15, 0.2) is 0 Å². The first-order chi connectivity index (χ1) is 6.03. The van der Waals surface area contributed by atoms with Gasteiger partial charge in [-0.15, -0.1) is 0 Å². The van der Waals surface area contributed by atoms with Gasteiger partial charge >= 0.3 is 5.97 Å². The number of morpholine rings is 1. The summed E-state index contributed by atoms with van der Waals surface area (Å²) in [6.07, 6.45) is 0. The first-order valence-electron chi connectivity index (χ1n) is 4.61. The van der Waals surface area contributed by atoms with Gasteiger partial charge in [-0.25, -0.2) is 0 Å². The molecule has 0 amide bonds. The van der Waals surface area contributed by atoms with Crippen LogP contribution in [0.3, 0.4) is 0 Å². The maximum atomic E-state index is 11.0. The Morgan fingerprint density at radius 2 is 2.31 bits per heavy atom. The lowest BCUT2D eigenvalue weighted by molar-refractivity contribution is -0.151. The van der Waals surface area contributed by atoms with E-state index in [-0.39, 0.29) is 11.4 Å². The van der Waals surface area contributed by atoms with E-state index in [4.69, 9.17) is 10.5 Å². The standard InChI is InChI=1S/C9H18N2O2/c1-9(2,6-10)7-11-3-4-13-8(12)5-11/h3-7,10H2,1-2H3. The second-order valence-corrected chi connectivity index (χ2v) is 4.30. The van der Waals surface area contributed by atoms with E-state index < -0.39 is 0 Å². The van der Waals surface area contributed by atoms with Crippen LogP contribution in [0.5, 0.6) is 0 Å². The first-order valence-corrected chi connectivity index (χ1v) is 4.61. The maximum absolute atomic E-state index is 11.0. The van der Waals surface area contributed by atoms with Crippen LogP contribution in [0.2, 0.25) is 0 Å². The van der Waals surface area contributed by atoms with Crippen LogP contribution in [0.25, 0.3) is 0 Å². The van der Waals surface area contributed by atoms with Crippen LogP contribution < -0.4 is 5.73 Å². The van der Waals surface area contributed by atoms with Crippen LogP contribution in [-0.4, -0.2) is 43.7 Å². The number of nitrogens with zero attached hydrogens (tertiary/aromatic N) is 1. The number of hydrogen-bond acceptors (Lipinski definition) is 4. The fraction of sp³-hybridized carbons (Fsp3) is 0.889. The van der Waals surface area contributed by atoms with Crippen LogP contribution in [0.4, 0.5) is 0 Å². The van der Waals surface area contributed by atoms with Crippen LogP contribution >= 0.6 is 0 Å². The number of cyclic esters (lactones) is 1. The molecule has 1 heterocycles. The minimum Gasteiger partial charge on any atom is -0.463 e. The van der Waals surface area contributed by atoms with Crippen molar-refractivity contribution in [2.45, 2.75) is 13.8 Å². The van der Waals surface area contributed by atoms with Gasteiger partial charge in [0.15, 0.2) is 0 Å². The monoisotopic (exact) mass is 186 g/mol. The maximum Gasteiger partial charge on any atom is 0.320 e. The molecule has 1 rings (SSSR count). The second-order valence-electron chi connectivity index (χ2n) is 4.30. The normalized spacial score (nSPS) is 20.1. The molecule has 0 radical (unpaired) electrons. The molecule has 0 atom stereocenters. The summed E-state index contributed by atoms with van der Waals surface area (Å²) < 4.78 is 4.84.